The molecule has 2 amide bonds. The number of benzene rings is 1. The number of rotatable bonds is 3. The highest BCUT2D eigenvalue weighted by atomic mass is 16.6. The lowest BCUT2D eigenvalue weighted by Gasteiger charge is -2.34. The van der Waals surface area contributed by atoms with Crippen LogP contribution in [0.2, 0.25) is 0 Å². The van der Waals surface area contributed by atoms with Crippen molar-refractivity contribution < 1.29 is 19.1 Å². The van der Waals surface area contributed by atoms with E-state index in [1.54, 1.807) is 4.90 Å². The summed E-state index contributed by atoms with van der Waals surface area (Å²) in [4.78, 5) is 25.7. The molecule has 2 N–H and O–H groups in total. The largest absolute Gasteiger partial charge is 0.444 e. The lowest BCUT2D eigenvalue weighted by molar-refractivity contribution is 0.0210. The fourth-order valence-electron chi connectivity index (χ4n) is 2.84. The summed E-state index contributed by atoms with van der Waals surface area (Å²) in [6.45, 7) is 12.5. The normalized spacial score (nSPS) is 15.7. The molecule has 0 radical (unpaired) electrons. The number of nitrogens with zero attached hydrogens (tertiary/aromatic N) is 1. The number of ether oxygens (including phenoxy) is 2. The molecule has 1 aromatic rings. The quantitative estimate of drug-likeness (QED) is 0.770. The second-order valence-electron chi connectivity index (χ2n) is 9.09. The van der Waals surface area contributed by atoms with E-state index in [9.17, 15) is 9.59 Å². The van der Waals surface area contributed by atoms with Crippen molar-refractivity contribution in [2.24, 2.45) is 0 Å². The van der Waals surface area contributed by atoms with Crippen molar-refractivity contribution in [3.8, 4) is 0 Å². The summed E-state index contributed by atoms with van der Waals surface area (Å²) in [5.74, 6) is 0. The van der Waals surface area contributed by atoms with E-state index in [2.05, 4.69) is 10.6 Å². The van der Waals surface area contributed by atoms with Gasteiger partial charge in [-0.25, -0.2) is 9.59 Å². The SMILES string of the molecule is CC(C)(C)OC(=O)Nc1ccc(NC2CCN(C(=O)OC(C)(C)C)CC2)cc1. The van der Waals surface area contributed by atoms with E-state index in [0.29, 0.717) is 24.8 Å². The molecule has 1 aliphatic rings. The van der Waals surface area contributed by atoms with Gasteiger partial charge in [0.25, 0.3) is 0 Å². The van der Waals surface area contributed by atoms with Crippen molar-refractivity contribution in [2.45, 2.75) is 71.6 Å². The fourth-order valence-corrected chi connectivity index (χ4v) is 2.84. The molecular formula is C21H33N3O4. The summed E-state index contributed by atoms with van der Waals surface area (Å²) < 4.78 is 10.7. The summed E-state index contributed by atoms with van der Waals surface area (Å²) >= 11 is 0. The van der Waals surface area contributed by atoms with Crippen LogP contribution in [0.4, 0.5) is 21.0 Å². The molecule has 7 nitrogen and oxygen atoms in total. The zero-order valence-corrected chi connectivity index (χ0v) is 17.8. The highest BCUT2D eigenvalue weighted by Gasteiger charge is 2.26. The Hall–Kier alpha value is -2.44. The van der Waals surface area contributed by atoms with E-state index in [1.807, 2.05) is 65.8 Å². The Morgan fingerprint density at radius 3 is 1.89 bits per heavy atom. The maximum atomic E-state index is 12.1. The number of hydrogen-bond donors (Lipinski definition) is 2. The minimum absolute atomic E-state index is 0.247. The molecule has 156 valence electrons. The van der Waals surface area contributed by atoms with Gasteiger partial charge in [0.15, 0.2) is 0 Å². The third-order valence-electron chi connectivity index (χ3n) is 4.05. The molecule has 1 saturated heterocycles. The highest BCUT2D eigenvalue weighted by Crippen LogP contribution is 2.21. The van der Waals surface area contributed by atoms with Gasteiger partial charge in [-0.3, -0.25) is 5.32 Å². The van der Waals surface area contributed by atoms with Crippen molar-refractivity contribution in [1.29, 1.82) is 0 Å². The molecule has 0 unspecified atom stereocenters. The van der Waals surface area contributed by atoms with Crippen LogP contribution in [0, 0.1) is 0 Å². The van der Waals surface area contributed by atoms with Crippen molar-refractivity contribution >= 4 is 23.6 Å². The van der Waals surface area contributed by atoms with Crippen LogP contribution >= 0.6 is 0 Å². The molecule has 28 heavy (non-hydrogen) atoms. The van der Waals surface area contributed by atoms with E-state index in [4.69, 9.17) is 9.47 Å². The van der Waals surface area contributed by atoms with Crippen LogP contribution in [0.5, 0.6) is 0 Å². The van der Waals surface area contributed by atoms with E-state index < -0.39 is 17.3 Å². The van der Waals surface area contributed by atoms with Crippen LogP contribution in [0.1, 0.15) is 54.4 Å². The van der Waals surface area contributed by atoms with Gasteiger partial charge in [0.1, 0.15) is 11.2 Å². The Balaban J connectivity index is 1.79. The van der Waals surface area contributed by atoms with Crippen LogP contribution in [-0.4, -0.2) is 47.4 Å². The Kier molecular flexibility index (Phi) is 6.80. The lowest BCUT2D eigenvalue weighted by Crippen LogP contribution is -2.44. The number of amides is 2. The van der Waals surface area contributed by atoms with Crippen molar-refractivity contribution in [2.75, 3.05) is 23.7 Å². The van der Waals surface area contributed by atoms with Gasteiger partial charge in [0, 0.05) is 30.5 Å². The molecule has 1 heterocycles. The summed E-state index contributed by atoms with van der Waals surface area (Å²) in [5.41, 5.74) is 0.658. The topological polar surface area (TPSA) is 79.9 Å². The highest BCUT2D eigenvalue weighted by molar-refractivity contribution is 5.85. The zero-order chi connectivity index (χ0) is 20.9. The Morgan fingerprint density at radius 1 is 0.893 bits per heavy atom. The molecule has 0 bridgehead atoms. The number of piperidine rings is 1. The fraction of sp³-hybridized carbons (Fsp3) is 0.619. The number of carbonyl (C=O) groups is 2. The van der Waals surface area contributed by atoms with Crippen LogP contribution in [0.15, 0.2) is 24.3 Å². The number of hydrogen-bond acceptors (Lipinski definition) is 5. The van der Waals surface area contributed by atoms with Gasteiger partial charge in [0.2, 0.25) is 0 Å². The number of carbonyl (C=O) groups excluding carboxylic acids is 2. The predicted octanol–water partition coefficient (Wildman–Crippen LogP) is 4.85. The number of likely N-dealkylation sites (tertiary alicyclic amines) is 1. The Bertz CT molecular complexity index is 666. The van der Waals surface area contributed by atoms with Crippen molar-refractivity contribution in [3.63, 3.8) is 0 Å². The second-order valence-corrected chi connectivity index (χ2v) is 9.09. The molecular weight excluding hydrogens is 358 g/mol. The van der Waals surface area contributed by atoms with Gasteiger partial charge in [-0.1, -0.05) is 0 Å². The molecule has 0 spiro atoms. The minimum Gasteiger partial charge on any atom is -0.444 e. The third-order valence-corrected chi connectivity index (χ3v) is 4.05. The first-order valence-electron chi connectivity index (χ1n) is 9.76. The van der Waals surface area contributed by atoms with Gasteiger partial charge >= 0.3 is 12.2 Å². The smallest absolute Gasteiger partial charge is 0.412 e. The van der Waals surface area contributed by atoms with E-state index in [-0.39, 0.29) is 6.09 Å². The predicted molar refractivity (Wildman–Crippen MR) is 111 cm³/mol. The summed E-state index contributed by atoms with van der Waals surface area (Å²) in [7, 11) is 0. The zero-order valence-electron chi connectivity index (χ0n) is 17.8. The van der Waals surface area contributed by atoms with Crippen molar-refractivity contribution in [3.05, 3.63) is 24.3 Å². The summed E-state index contributed by atoms with van der Waals surface area (Å²) in [6, 6.07) is 7.81. The van der Waals surface area contributed by atoms with Crippen LogP contribution < -0.4 is 10.6 Å². The maximum absolute atomic E-state index is 12.1. The molecule has 7 heteroatoms. The van der Waals surface area contributed by atoms with Crippen molar-refractivity contribution in [1.82, 2.24) is 4.90 Å². The first kappa shape index (κ1) is 21.9. The number of anilines is 2. The van der Waals surface area contributed by atoms with E-state index >= 15 is 0 Å². The number of nitrogens with one attached hydrogen (secondary N) is 2. The molecule has 1 aromatic carbocycles. The summed E-state index contributed by atoms with van der Waals surface area (Å²) in [6.07, 6.45) is 1.00. The standard InChI is InChI=1S/C21H33N3O4/c1-20(2,3)27-18(25)23-16-9-7-15(8-10-16)22-17-11-13-24(14-12-17)19(26)28-21(4,5)6/h7-10,17,22H,11-14H2,1-6H3,(H,23,25). The van der Waals surface area contributed by atoms with Gasteiger partial charge in [-0.15, -0.1) is 0 Å². The van der Waals surface area contributed by atoms with E-state index in [0.717, 1.165) is 18.5 Å². The average Bonchev–Trinajstić information content (AvgIpc) is 2.54. The minimum atomic E-state index is -0.528. The Morgan fingerprint density at radius 2 is 1.39 bits per heavy atom. The monoisotopic (exact) mass is 391 g/mol. The average molecular weight is 392 g/mol. The summed E-state index contributed by atoms with van der Waals surface area (Å²) in [5, 5.41) is 6.20. The van der Waals surface area contributed by atoms with Gasteiger partial charge in [-0.2, -0.15) is 0 Å². The van der Waals surface area contributed by atoms with E-state index in [1.165, 1.54) is 0 Å². The lowest BCUT2D eigenvalue weighted by atomic mass is 10.0. The first-order valence-corrected chi connectivity index (χ1v) is 9.76. The molecule has 1 aliphatic heterocycles. The van der Waals surface area contributed by atoms with Crippen LogP contribution in [0.3, 0.4) is 0 Å². The molecule has 0 aromatic heterocycles. The maximum Gasteiger partial charge on any atom is 0.412 e. The molecule has 0 aliphatic carbocycles. The van der Waals surface area contributed by atoms with Gasteiger partial charge < -0.3 is 19.7 Å². The van der Waals surface area contributed by atoms with Crippen LogP contribution in [0.25, 0.3) is 0 Å². The van der Waals surface area contributed by atoms with Gasteiger partial charge in [0.05, 0.1) is 0 Å². The molecule has 0 saturated carbocycles. The molecule has 0 atom stereocenters. The van der Waals surface area contributed by atoms with Crippen LogP contribution in [-0.2, 0) is 9.47 Å². The molecule has 2 rings (SSSR count). The third kappa shape index (κ3) is 7.66. The van der Waals surface area contributed by atoms with Gasteiger partial charge in [-0.05, 0) is 78.6 Å². The Labute approximate surface area is 167 Å². The molecule has 1 fully saturated rings. The second kappa shape index (κ2) is 8.71. The first-order chi connectivity index (χ1) is 12.9.